The number of amides is 2. The maximum absolute atomic E-state index is 13.2. The minimum Gasteiger partial charge on any atom is -0.350 e. The smallest absolute Gasteiger partial charge is 0.278 e. The maximum atomic E-state index is 13.2. The van der Waals surface area contributed by atoms with E-state index < -0.39 is 0 Å². The van der Waals surface area contributed by atoms with Crippen LogP contribution in [-0.4, -0.2) is 21.7 Å². The van der Waals surface area contributed by atoms with Gasteiger partial charge in [0.15, 0.2) is 0 Å². The lowest BCUT2D eigenvalue weighted by Crippen LogP contribution is -2.32. The molecule has 0 spiro atoms. The second-order valence-electron chi connectivity index (χ2n) is 6.31. The Balaban J connectivity index is 1.74. The van der Waals surface area contributed by atoms with Crippen LogP contribution in [0.25, 0.3) is 5.57 Å². The molecule has 28 heavy (non-hydrogen) atoms. The van der Waals surface area contributed by atoms with Gasteiger partial charge in [0.2, 0.25) is 0 Å². The zero-order valence-electron chi connectivity index (χ0n) is 14.8. The third-order valence-electron chi connectivity index (χ3n) is 4.39. The molecular weight excluding hydrogens is 418 g/mol. The first-order valence-electron chi connectivity index (χ1n) is 8.71. The number of anilines is 1. The third-order valence-corrected chi connectivity index (χ3v) is 4.88. The van der Waals surface area contributed by atoms with Crippen molar-refractivity contribution in [1.82, 2.24) is 9.88 Å². The number of carbonyl (C=O) groups excluding carboxylic acids is 2. The Morgan fingerprint density at radius 3 is 2.46 bits per heavy atom. The monoisotopic (exact) mass is 433 g/mol. The molecule has 3 aromatic rings. The summed E-state index contributed by atoms with van der Waals surface area (Å²) in [5.41, 5.74) is 2.86. The molecule has 0 aliphatic carbocycles. The average Bonchev–Trinajstić information content (AvgIpc) is 2.94. The summed E-state index contributed by atoms with van der Waals surface area (Å²) in [5.74, 6) is -0.676. The van der Waals surface area contributed by atoms with Crippen LogP contribution in [0.15, 0.2) is 89.3 Å². The Kier molecular flexibility index (Phi) is 5.04. The molecule has 0 saturated heterocycles. The minimum atomic E-state index is -0.354. The van der Waals surface area contributed by atoms with E-state index in [1.165, 1.54) is 4.90 Å². The Morgan fingerprint density at radius 1 is 0.929 bits per heavy atom. The zero-order valence-corrected chi connectivity index (χ0v) is 16.4. The number of imide groups is 1. The number of nitrogens with one attached hydrogen (secondary N) is 1. The maximum Gasteiger partial charge on any atom is 0.278 e. The fraction of sp³-hybridized carbons (Fsp3) is 0.0455. The van der Waals surface area contributed by atoms with E-state index in [1.807, 2.05) is 60.7 Å². The van der Waals surface area contributed by atoms with Crippen molar-refractivity contribution in [3.05, 3.63) is 100 Å². The average molecular weight is 434 g/mol. The van der Waals surface area contributed by atoms with Gasteiger partial charge < -0.3 is 5.32 Å². The highest BCUT2D eigenvalue weighted by Crippen LogP contribution is 2.31. The number of carbonyl (C=O) groups is 2. The SMILES string of the molecule is O=C1C(Nc2cccc(Br)c2)=C(c2ccccc2)C(=O)N1Cc1cccnc1. The number of aromatic nitrogens is 1. The van der Waals surface area contributed by atoms with Crippen molar-refractivity contribution in [3.63, 3.8) is 0 Å². The number of pyridine rings is 1. The summed E-state index contributed by atoms with van der Waals surface area (Å²) in [6, 6.07) is 20.3. The quantitative estimate of drug-likeness (QED) is 0.611. The summed E-state index contributed by atoms with van der Waals surface area (Å²) >= 11 is 3.43. The predicted molar refractivity (Wildman–Crippen MR) is 111 cm³/mol. The molecule has 2 heterocycles. The van der Waals surface area contributed by atoms with Crippen LogP contribution in [0, 0.1) is 0 Å². The summed E-state index contributed by atoms with van der Waals surface area (Å²) < 4.78 is 0.878. The lowest BCUT2D eigenvalue weighted by molar-refractivity contribution is -0.137. The molecule has 1 aromatic heterocycles. The number of hydrogen-bond acceptors (Lipinski definition) is 4. The van der Waals surface area contributed by atoms with E-state index >= 15 is 0 Å². The van der Waals surface area contributed by atoms with Gasteiger partial charge >= 0.3 is 0 Å². The van der Waals surface area contributed by atoms with Crippen molar-refractivity contribution in [1.29, 1.82) is 0 Å². The Labute approximate surface area is 170 Å². The van der Waals surface area contributed by atoms with E-state index in [4.69, 9.17) is 0 Å². The van der Waals surface area contributed by atoms with Crippen molar-refractivity contribution < 1.29 is 9.59 Å². The second kappa shape index (κ2) is 7.78. The number of hydrogen-bond donors (Lipinski definition) is 1. The summed E-state index contributed by atoms with van der Waals surface area (Å²) in [6.07, 6.45) is 3.31. The van der Waals surface area contributed by atoms with Crippen molar-refractivity contribution >= 4 is 39.0 Å². The first-order chi connectivity index (χ1) is 13.6. The minimum absolute atomic E-state index is 0.172. The van der Waals surface area contributed by atoms with Crippen molar-refractivity contribution in [2.45, 2.75) is 6.54 Å². The van der Waals surface area contributed by atoms with Gasteiger partial charge in [0.05, 0.1) is 12.1 Å². The summed E-state index contributed by atoms with van der Waals surface area (Å²) in [5, 5.41) is 3.15. The van der Waals surface area contributed by atoms with Gasteiger partial charge in [-0.05, 0) is 35.4 Å². The molecule has 138 valence electrons. The molecule has 6 heteroatoms. The highest BCUT2D eigenvalue weighted by molar-refractivity contribution is 9.10. The number of nitrogens with zero attached hydrogens (tertiary/aromatic N) is 2. The third kappa shape index (κ3) is 3.59. The molecule has 0 unspecified atom stereocenters. The van der Waals surface area contributed by atoms with Gasteiger partial charge in [0.25, 0.3) is 11.8 Å². The molecule has 5 nitrogen and oxygen atoms in total. The molecule has 1 N–H and O–H groups in total. The molecule has 4 rings (SSSR count). The molecule has 1 aliphatic heterocycles. The van der Waals surface area contributed by atoms with Gasteiger partial charge in [0.1, 0.15) is 5.70 Å². The molecule has 0 saturated carbocycles. The van der Waals surface area contributed by atoms with E-state index in [1.54, 1.807) is 18.5 Å². The fourth-order valence-electron chi connectivity index (χ4n) is 3.09. The van der Waals surface area contributed by atoms with Gasteiger partial charge in [-0.3, -0.25) is 19.5 Å². The van der Waals surface area contributed by atoms with Gasteiger partial charge in [-0.15, -0.1) is 0 Å². The number of benzene rings is 2. The lowest BCUT2D eigenvalue weighted by Gasteiger charge is -2.15. The fourth-order valence-corrected chi connectivity index (χ4v) is 3.49. The second-order valence-corrected chi connectivity index (χ2v) is 7.22. The van der Waals surface area contributed by atoms with Crippen molar-refractivity contribution in [2.24, 2.45) is 0 Å². The van der Waals surface area contributed by atoms with Crippen LogP contribution in [0.1, 0.15) is 11.1 Å². The number of halogens is 1. The van der Waals surface area contributed by atoms with Crippen LogP contribution in [0.4, 0.5) is 5.69 Å². The molecular formula is C22H16BrN3O2. The summed E-state index contributed by atoms with van der Waals surface area (Å²) in [7, 11) is 0. The van der Waals surface area contributed by atoms with E-state index in [0.29, 0.717) is 11.1 Å². The van der Waals surface area contributed by atoms with Crippen molar-refractivity contribution in [3.8, 4) is 0 Å². The van der Waals surface area contributed by atoms with E-state index in [9.17, 15) is 9.59 Å². The standard InChI is InChI=1S/C22H16BrN3O2/c23-17-9-4-10-18(12-17)25-20-19(16-7-2-1-3-8-16)21(27)26(22(20)28)14-15-6-5-11-24-13-15/h1-13,25H,14H2. The van der Waals surface area contributed by atoms with Gasteiger partial charge in [-0.1, -0.05) is 58.4 Å². The topological polar surface area (TPSA) is 62.3 Å². The van der Waals surface area contributed by atoms with Gasteiger partial charge in [0, 0.05) is 22.6 Å². The van der Waals surface area contributed by atoms with Crippen LogP contribution >= 0.6 is 15.9 Å². The molecule has 0 fully saturated rings. The van der Waals surface area contributed by atoms with Crippen LogP contribution in [-0.2, 0) is 16.1 Å². The Hall–Kier alpha value is -3.25. The number of rotatable bonds is 5. The first-order valence-corrected chi connectivity index (χ1v) is 9.50. The lowest BCUT2D eigenvalue weighted by atomic mass is 10.0. The van der Waals surface area contributed by atoms with Crippen molar-refractivity contribution in [2.75, 3.05) is 5.32 Å². The van der Waals surface area contributed by atoms with Crippen LogP contribution in [0.3, 0.4) is 0 Å². The van der Waals surface area contributed by atoms with E-state index in [-0.39, 0.29) is 24.1 Å². The Bertz CT molecular complexity index is 1070. The normalized spacial score (nSPS) is 14.0. The van der Waals surface area contributed by atoms with Crippen LogP contribution in [0.5, 0.6) is 0 Å². The van der Waals surface area contributed by atoms with Gasteiger partial charge in [-0.2, -0.15) is 0 Å². The van der Waals surface area contributed by atoms with E-state index in [2.05, 4.69) is 26.2 Å². The molecule has 2 amide bonds. The highest BCUT2D eigenvalue weighted by Gasteiger charge is 2.39. The zero-order chi connectivity index (χ0) is 19.5. The first kappa shape index (κ1) is 18.1. The Morgan fingerprint density at radius 2 is 1.75 bits per heavy atom. The van der Waals surface area contributed by atoms with Crippen LogP contribution < -0.4 is 5.32 Å². The summed E-state index contributed by atoms with van der Waals surface area (Å²) in [4.78, 5) is 31.6. The molecule has 0 radical (unpaired) electrons. The summed E-state index contributed by atoms with van der Waals surface area (Å²) in [6.45, 7) is 0.172. The molecule has 0 bridgehead atoms. The largest absolute Gasteiger partial charge is 0.350 e. The molecule has 0 atom stereocenters. The molecule has 2 aromatic carbocycles. The van der Waals surface area contributed by atoms with Gasteiger partial charge in [-0.25, -0.2) is 0 Å². The molecule has 1 aliphatic rings. The highest BCUT2D eigenvalue weighted by atomic mass is 79.9. The van der Waals surface area contributed by atoms with E-state index in [0.717, 1.165) is 15.7 Å². The predicted octanol–water partition coefficient (Wildman–Crippen LogP) is 4.24. The van der Waals surface area contributed by atoms with Crippen LogP contribution in [0.2, 0.25) is 0 Å².